The average Bonchev–Trinajstić information content (AvgIpc) is 2.81. The fourth-order valence-electron chi connectivity index (χ4n) is 1.66. The molecule has 5 nitrogen and oxygen atoms in total. The van der Waals surface area contributed by atoms with Crippen molar-refractivity contribution in [1.82, 2.24) is 5.32 Å². The summed E-state index contributed by atoms with van der Waals surface area (Å²) in [4.78, 5) is 23.6. The van der Waals surface area contributed by atoms with Gasteiger partial charge in [0.05, 0.1) is 10.6 Å². The largest absolute Gasteiger partial charge is 0.480 e. The number of carboxylic acid groups (broad SMARTS) is 1. The quantitative estimate of drug-likeness (QED) is 0.805. The molecule has 1 aromatic heterocycles. The standard InChI is InChI=1S/C14H14N2O3S/c1-8(14(18)19)16-13(17)10-7-11(20-12(10)15)9-5-3-2-4-6-9/h2-8H,15H2,1H3,(H,16,17)(H,18,19)/t8-/m1/s1. The zero-order valence-electron chi connectivity index (χ0n) is 10.8. The second-order valence-corrected chi connectivity index (χ2v) is 5.37. The molecule has 2 aromatic rings. The first-order chi connectivity index (χ1) is 9.49. The first kappa shape index (κ1) is 14.1. The smallest absolute Gasteiger partial charge is 0.325 e. The van der Waals surface area contributed by atoms with E-state index < -0.39 is 17.9 Å². The van der Waals surface area contributed by atoms with Crippen molar-refractivity contribution >= 4 is 28.2 Å². The molecule has 0 saturated heterocycles. The van der Waals surface area contributed by atoms with E-state index in [1.807, 2.05) is 30.3 Å². The Kier molecular flexibility index (Phi) is 4.05. The maximum atomic E-state index is 12.0. The van der Waals surface area contributed by atoms with Crippen molar-refractivity contribution in [2.24, 2.45) is 0 Å². The van der Waals surface area contributed by atoms with E-state index >= 15 is 0 Å². The number of hydrogen-bond acceptors (Lipinski definition) is 4. The fraction of sp³-hybridized carbons (Fsp3) is 0.143. The Morgan fingerprint density at radius 1 is 1.30 bits per heavy atom. The van der Waals surface area contributed by atoms with Gasteiger partial charge in [0, 0.05) is 4.88 Å². The van der Waals surface area contributed by atoms with Gasteiger partial charge < -0.3 is 16.2 Å². The zero-order chi connectivity index (χ0) is 14.7. The van der Waals surface area contributed by atoms with Gasteiger partial charge in [0.15, 0.2) is 0 Å². The molecule has 20 heavy (non-hydrogen) atoms. The number of nitrogen functional groups attached to an aromatic ring is 1. The van der Waals surface area contributed by atoms with E-state index in [1.165, 1.54) is 18.3 Å². The molecule has 0 aliphatic carbocycles. The lowest BCUT2D eigenvalue weighted by Crippen LogP contribution is -2.38. The number of carboxylic acids is 1. The van der Waals surface area contributed by atoms with Gasteiger partial charge in [-0.25, -0.2) is 0 Å². The number of thiophene rings is 1. The number of amides is 1. The van der Waals surface area contributed by atoms with Crippen LogP contribution in [0, 0.1) is 0 Å². The number of nitrogens with two attached hydrogens (primary N) is 1. The van der Waals surface area contributed by atoms with Gasteiger partial charge in [-0.05, 0) is 18.6 Å². The summed E-state index contributed by atoms with van der Waals surface area (Å²) in [5.74, 6) is -1.56. The molecule has 6 heteroatoms. The molecule has 1 amide bonds. The van der Waals surface area contributed by atoms with Gasteiger partial charge >= 0.3 is 5.97 Å². The summed E-state index contributed by atoms with van der Waals surface area (Å²) < 4.78 is 0. The minimum Gasteiger partial charge on any atom is -0.480 e. The molecule has 0 aliphatic rings. The summed E-state index contributed by atoms with van der Waals surface area (Å²) >= 11 is 1.30. The average molecular weight is 290 g/mol. The maximum Gasteiger partial charge on any atom is 0.325 e. The number of benzene rings is 1. The molecular formula is C14H14N2O3S. The second-order valence-electron chi connectivity index (χ2n) is 4.29. The molecule has 0 bridgehead atoms. The lowest BCUT2D eigenvalue weighted by atomic mass is 10.1. The Morgan fingerprint density at radius 2 is 1.95 bits per heavy atom. The molecule has 4 N–H and O–H groups in total. The van der Waals surface area contributed by atoms with Crippen LogP contribution >= 0.6 is 11.3 Å². The lowest BCUT2D eigenvalue weighted by molar-refractivity contribution is -0.138. The highest BCUT2D eigenvalue weighted by Gasteiger charge is 2.19. The van der Waals surface area contributed by atoms with Crippen molar-refractivity contribution < 1.29 is 14.7 Å². The third-order valence-corrected chi connectivity index (χ3v) is 3.80. The molecule has 0 unspecified atom stereocenters. The van der Waals surface area contributed by atoms with Crippen LogP contribution in [0.4, 0.5) is 5.00 Å². The van der Waals surface area contributed by atoms with Crippen LogP contribution in [0.2, 0.25) is 0 Å². The SMILES string of the molecule is C[C@@H](NC(=O)c1cc(-c2ccccc2)sc1N)C(=O)O. The minimum atomic E-state index is -1.09. The highest BCUT2D eigenvalue weighted by molar-refractivity contribution is 7.19. The van der Waals surface area contributed by atoms with E-state index in [2.05, 4.69) is 5.32 Å². The Balaban J connectivity index is 2.24. The number of rotatable bonds is 4. The Morgan fingerprint density at radius 3 is 2.55 bits per heavy atom. The number of carbonyl (C=O) groups excluding carboxylic acids is 1. The lowest BCUT2D eigenvalue weighted by Gasteiger charge is -2.08. The number of aliphatic carboxylic acids is 1. The summed E-state index contributed by atoms with van der Waals surface area (Å²) in [6.45, 7) is 1.40. The van der Waals surface area contributed by atoms with Crippen LogP contribution in [0.15, 0.2) is 36.4 Å². The van der Waals surface area contributed by atoms with Crippen LogP contribution < -0.4 is 11.1 Å². The highest BCUT2D eigenvalue weighted by Crippen LogP contribution is 2.33. The Hall–Kier alpha value is -2.34. The third-order valence-electron chi connectivity index (χ3n) is 2.78. The normalized spacial score (nSPS) is 11.8. The van der Waals surface area contributed by atoms with E-state index in [9.17, 15) is 9.59 Å². The molecular weight excluding hydrogens is 276 g/mol. The maximum absolute atomic E-state index is 12.0. The zero-order valence-corrected chi connectivity index (χ0v) is 11.6. The number of nitrogens with one attached hydrogen (secondary N) is 1. The molecule has 0 spiro atoms. The molecule has 1 atom stereocenters. The monoisotopic (exact) mass is 290 g/mol. The van der Waals surface area contributed by atoms with Gasteiger partial charge in [0.25, 0.3) is 5.91 Å². The number of anilines is 1. The van der Waals surface area contributed by atoms with Crippen molar-refractivity contribution in [2.75, 3.05) is 5.73 Å². The van der Waals surface area contributed by atoms with E-state index in [-0.39, 0.29) is 0 Å². The minimum absolute atomic E-state index is 0.307. The van der Waals surface area contributed by atoms with Gasteiger partial charge in [-0.2, -0.15) is 0 Å². The predicted molar refractivity (Wildman–Crippen MR) is 78.7 cm³/mol. The second kappa shape index (κ2) is 5.75. The summed E-state index contributed by atoms with van der Waals surface area (Å²) in [5.41, 5.74) is 7.12. The molecule has 0 aliphatic heterocycles. The summed E-state index contributed by atoms with van der Waals surface area (Å²) in [6, 6.07) is 10.3. The van der Waals surface area contributed by atoms with Gasteiger partial charge in [-0.1, -0.05) is 30.3 Å². The highest BCUT2D eigenvalue weighted by atomic mass is 32.1. The Bertz CT molecular complexity index is 637. The molecule has 0 fully saturated rings. The van der Waals surface area contributed by atoms with Crippen molar-refractivity contribution in [2.45, 2.75) is 13.0 Å². The van der Waals surface area contributed by atoms with Crippen LogP contribution in [-0.4, -0.2) is 23.0 Å². The summed E-state index contributed by atoms with van der Waals surface area (Å²) in [5, 5.41) is 11.6. The molecule has 1 heterocycles. The van der Waals surface area contributed by atoms with Gasteiger partial charge in [0.2, 0.25) is 0 Å². The number of hydrogen-bond donors (Lipinski definition) is 3. The van der Waals surface area contributed by atoms with Crippen LogP contribution in [0.5, 0.6) is 0 Å². The summed E-state index contributed by atoms with van der Waals surface area (Å²) in [7, 11) is 0. The van der Waals surface area contributed by atoms with Crippen LogP contribution in [0.1, 0.15) is 17.3 Å². The molecule has 0 radical (unpaired) electrons. The molecule has 104 valence electrons. The first-order valence-corrected chi connectivity index (χ1v) is 6.79. The van der Waals surface area contributed by atoms with Gasteiger partial charge in [-0.15, -0.1) is 11.3 Å². The van der Waals surface area contributed by atoms with Crippen LogP contribution in [0.3, 0.4) is 0 Å². The number of carbonyl (C=O) groups is 2. The molecule has 0 saturated carbocycles. The third kappa shape index (κ3) is 2.97. The van der Waals surface area contributed by atoms with Gasteiger partial charge in [-0.3, -0.25) is 9.59 Å². The van der Waals surface area contributed by atoms with Crippen molar-refractivity contribution in [3.05, 3.63) is 42.0 Å². The van der Waals surface area contributed by atoms with Crippen LogP contribution in [-0.2, 0) is 4.79 Å². The van der Waals surface area contributed by atoms with E-state index in [1.54, 1.807) is 6.07 Å². The van der Waals surface area contributed by atoms with E-state index in [0.29, 0.717) is 10.6 Å². The van der Waals surface area contributed by atoms with E-state index in [0.717, 1.165) is 10.4 Å². The first-order valence-electron chi connectivity index (χ1n) is 5.97. The van der Waals surface area contributed by atoms with Gasteiger partial charge in [0.1, 0.15) is 6.04 Å². The van der Waals surface area contributed by atoms with Crippen molar-refractivity contribution in [1.29, 1.82) is 0 Å². The summed E-state index contributed by atoms with van der Waals surface area (Å²) in [6.07, 6.45) is 0. The van der Waals surface area contributed by atoms with Crippen LogP contribution in [0.25, 0.3) is 10.4 Å². The van der Waals surface area contributed by atoms with Crippen molar-refractivity contribution in [3.8, 4) is 10.4 Å². The predicted octanol–water partition coefficient (Wildman–Crippen LogP) is 2.20. The Labute approximate surface area is 120 Å². The fourth-order valence-corrected chi connectivity index (χ4v) is 2.59. The molecule has 1 aromatic carbocycles. The van der Waals surface area contributed by atoms with E-state index in [4.69, 9.17) is 10.8 Å². The van der Waals surface area contributed by atoms with Crippen molar-refractivity contribution in [3.63, 3.8) is 0 Å². The topological polar surface area (TPSA) is 92.4 Å². The molecule has 2 rings (SSSR count).